The number of hydrogen-bond donors (Lipinski definition) is 3. The van der Waals surface area contributed by atoms with Gasteiger partial charge in [-0.2, -0.15) is 0 Å². The van der Waals surface area contributed by atoms with Gasteiger partial charge >= 0.3 is 5.97 Å². The highest BCUT2D eigenvalue weighted by atomic mass is 35.5. The molecule has 16 heavy (non-hydrogen) atoms. The zero-order chi connectivity index (χ0) is 11.9. The van der Waals surface area contributed by atoms with Crippen LogP contribution in [0.3, 0.4) is 0 Å². The molecule has 0 aliphatic rings. The number of carbonyl (C=O) groups is 1. The second-order valence-electron chi connectivity index (χ2n) is 3.54. The van der Waals surface area contributed by atoms with Gasteiger partial charge in [-0.15, -0.1) is 0 Å². The number of halogens is 1. The molecule has 5 nitrogen and oxygen atoms in total. The van der Waals surface area contributed by atoms with Gasteiger partial charge in [-0.05, 0) is 24.6 Å². The van der Waals surface area contributed by atoms with Crippen molar-refractivity contribution in [3.8, 4) is 0 Å². The lowest BCUT2D eigenvalue weighted by atomic mass is 10.1. The lowest BCUT2D eigenvalue weighted by molar-refractivity contribution is -0.138. The topological polar surface area (TPSA) is 92.0 Å². The van der Waals surface area contributed by atoms with Crippen LogP contribution < -0.4 is 5.73 Å². The predicted octanol–water partition coefficient (Wildman–Crippen LogP) is 1.61. The van der Waals surface area contributed by atoms with Crippen molar-refractivity contribution in [2.75, 3.05) is 0 Å². The fraction of sp³-hybridized carbons (Fsp3) is 0.200. The smallest absolute Gasteiger partial charge is 0.325 e. The number of aliphatic carboxylic acids is 1. The summed E-state index contributed by atoms with van der Waals surface area (Å²) >= 11 is 5.99. The van der Waals surface area contributed by atoms with Gasteiger partial charge in [0.2, 0.25) is 0 Å². The molecule has 1 aromatic heterocycles. The van der Waals surface area contributed by atoms with Crippen molar-refractivity contribution >= 4 is 28.6 Å². The standard InChI is InChI=1S/C10H10ClN3O2/c1-4-13-7-3-5(8(12)10(15)16)2-6(11)9(7)14-4/h2-3,8H,12H2,1H3,(H,13,14)(H,15,16). The van der Waals surface area contributed by atoms with Crippen LogP contribution in [-0.4, -0.2) is 21.0 Å². The molecule has 2 aromatic rings. The number of aromatic nitrogens is 2. The van der Waals surface area contributed by atoms with E-state index >= 15 is 0 Å². The lowest BCUT2D eigenvalue weighted by Crippen LogP contribution is -2.20. The van der Waals surface area contributed by atoms with Crippen LogP contribution in [0.25, 0.3) is 11.0 Å². The van der Waals surface area contributed by atoms with Crippen LogP contribution >= 0.6 is 11.6 Å². The zero-order valence-electron chi connectivity index (χ0n) is 8.49. The summed E-state index contributed by atoms with van der Waals surface area (Å²) in [6, 6.07) is 2.11. The molecule has 1 atom stereocenters. The molecule has 1 unspecified atom stereocenters. The van der Waals surface area contributed by atoms with Crippen LogP contribution in [0.2, 0.25) is 5.02 Å². The first-order chi connectivity index (χ1) is 7.49. The summed E-state index contributed by atoms with van der Waals surface area (Å²) in [7, 11) is 0. The summed E-state index contributed by atoms with van der Waals surface area (Å²) in [5.74, 6) is -0.371. The van der Waals surface area contributed by atoms with E-state index in [4.69, 9.17) is 22.4 Å². The first-order valence-corrected chi connectivity index (χ1v) is 5.01. The minimum absolute atomic E-state index is 0.397. The van der Waals surface area contributed by atoms with Crippen molar-refractivity contribution < 1.29 is 9.90 Å². The second-order valence-corrected chi connectivity index (χ2v) is 3.94. The minimum Gasteiger partial charge on any atom is -0.480 e. The van der Waals surface area contributed by atoms with Crippen LogP contribution in [-0.2, 0) is 4.79 Å². The highest BCUT2D eigenvalue weighted by Gasteiger charge is 2.17. The van der Waals surface area contributed by atoms with E-state index in [-0.39, 0.29) is 0 Å². The Morgan fingerprint density at radius 1 is 1.62 bits per heavy atom. The Kier molecular flexibility index (Phi) is 2.57. The van der Waals surface area contributed by atoms with Gasteiger partial charge in [0, 0.05) is 0 Å². The van der Waals surface area contributed by atoms with Gasteiger partial charge in [0.15, 0.2) is 0 Å². The lowest BCUT2D eigenvalue weighted by Gasteiger charge is -2.07. The van der Waals surface area contributed by atoms with E-state index in [0.29, 0.717) is 21.6 Å². The summed E-state index contributed by atoms with van der Waals surface area (Å²) in [5, 5.41) is 9.21. The number of aromatic amines is 1. The van der Waals surface area contributed by atoms with Gasteiger partial charge in [-0.25, -0.2) is 4.98 Å². The Hall–Kier alpha value is -1.59. The number of hydrogen-bond acceptors (Lipinski definition) is 3. The average Bonchev–Trinajstić information content (AvgIpc) is 2.57. The molecule has 0 saturated carbocycles. The molecular formula is C10H10ClN3O2. The quantitative estimate of drug-likeness (QED) is 0.742. The summed E-state index contributed by atoms with van der Waals surface area (Å²) in [6.07, 6.45) is 0. The van der Waals surface area contributed by atoms with Gasteiger partial charge in [0.25, 0.3) is 0 Å². The largest absolute Gasteiger partial charge is 0.480 e. The molecule has 0 radical (unpaired) electrons. The fourth-order valence-electron chi connectivity index (χ4n) is 1.54. The third-order valence-corrected chi connectivity index (χ3v) is 2.59. The number of rotatable bonds is 2. The third kappa shape index (κ3) is 1.75. The van der Waals surface area contributed by atoms with Crippen LogP contribution in [0.5, 0.6) is 0 Å². The number of H-pyrrole nitrogens is 1. The molecule has 6 heteroatoms. The number of aryl methyl sites for hydroxylation is 1. The number of nitrogens with two attached hydrogens (primary N) is 1. The van der Waals surface area contributed by atoms with Crippen molar-refractivity contribution in [2.24, 2.45) is 5.73 Å². The zero-order valence-corrected chi connectivity index (χ0v) is 9.25. The molecule has 0 aliphatic carbocycles. The van der Waals surface area contributed by atoms with Gasteiger partial charge in [-0.1, -0.05) is 11.6 Å². The molecule has 0 amide bonds. The number of imidazole rings is 1. The van der Waals surface area contributed by atoms with Crippen LogP contribution in [0.4, 0.5) is 0 Å². The Labute approximate surface area is 96.2 Å². The Balaban J connectivity index is 2.61. The minimum atomic E-state index is -1.09. The molecule has 84 valence electrons. The summed E-state index contributed by atoms with van der Waals surface area (Å²) in [6.45, 7) is 1.80. The number of benzene rings is 1. The Bertz CT molecular complexity index is 564. The number of carboxylic acid groups (broad SMARTS) is 1. The van der Waals surface area contributed by atoms with E-state index in [0.717, 1.165) is 5.82 Å². The normalized spacial score (nSPS) is 12.9. The number of nitrogens with one attached hydrogen (secondary N) is 1. The average molecular weight is 240 g/mol. The molecule has 4 N–H and O–H groups in total. The number of carboxylic acids is 1. The number of fused-ring (bicyclic) bond motifs is 1. The third-order valence-electron chi connectivity index (χ3n) is 2.31. The molecule has 0 fully saturated rings. The molecule has 1 heterocycles. The van der Waals surface area contributed by atoms with E-state index < -0.39 is 12.0 Å². The van der Waals surface area contributed by atoms with Crippen LogP contribution in [0.1, 0.15) is 17.4 Å². The first kappa shape index (κ1) is 10.9. The molecule has 2 rings (SSSR count). The molecule has 1 aromatic carbocycles. The van der Waals surface area contributed by atoms with E-state index in [2.05, 4.69) is 9.97 Å². The monoisotopic (exact) mass is 239 g/mol. The number of nitrogens with zero attached hydrogens (tertiary/aromatic N) is 1. The van der Waals surface area contributed by atoms with Crippen molar-refractivity contribution in [1.82, 2.24) is 9.97 Å². The van der Waals surface area contributed by atoms with Crippen molar-refractivity contribution in [3.63, 3.8) is 0 Å². The molecule has 0 saturated heterocycles. The SMILES string of the molecule is Cc1nc2c(Cl)cc(C(N)C(=O)O)cc2[nH]1. The van der Waals surface area contributed by atoms with Crippen molar-refractivity contribution in [2.45, 2.75) is 13.0 Å². The van der Waals surface area contributed by atoms with Crippen molar-refractivity contribution in [3.05, 3.63) is 28.5 Å². The van der Waals surface area contributed by atoms with E-state index in [1.54, 1.807) is 13.0 Å². The van der Waals surface area contributed by atoms with Crippen LogP contribution in [0.15, 0.2) is 12.1 Å². The first-order valence-electron chi connectivity index (χ1n) is 4.63. The van der Waals surface area contributed by atoms with Gasteiger partial charge < -0.3 is 15.8 Å². The van der Waals surface area contributed by atoms with Gasteiger partial charge in [0.05, 0.1) is 10.5 Å². The molecule has 0 aliphatic heterocycles. The Morgan fingerprint density at radius 2 is 2.31 bits per heavy atom. The maximum atomic E-state index is 10.8. The van der Waals surface area contributed by atoms with Gasteiger partial charge in [0.1, 0.15) is 17.4 Å². The van der Waals surface area contributed by atoms with E-state index in [9.17, 15) is 4.79 Å². The maximum absolute atomic E-state index is 10.8. The van der Waals surface area contributed by atoms with Crippen LogP contribution in [0, 0.1) is 6.92 Å². The van der Waals surface area contributed by atoms with E-state index in [1.807, 2.05) is 0 Å². The predicted molar refractivity (Wildman–Crippen MR) is 60.4 cm³/mol. The molecule has 0 bridgehead atoms. The van der Waals surface area contributed by atoms with Gasteiger partial charge in [-0.3, -0.25) is 4.79 Å². The maximum Gasteiger partial charge on any atom is 0.325 e. The van der Waals surface area contributed by atoms with Crippen molar-refractivity contribution in [1.29, 1.82) is 0 Å². The molecule has 0 spiro atoms. The summed E-state index contributed by atoms with van der Waals surface area (Å²) < 4.78 is 0. The molecular weight excluding hydrogens is 230 g/mol. The highest BCUT2D eigenvalue weighted by Crippen LogP contribution is 2.26. The Morgan fingerprint density at radius 3 is 2.94 bits per heavy atom. The summed E-state index contributed by atoms with van der Waals surface area (Å²) in [5.41, 5.74) is 7.28. The van der Waals surface area contributed by atoms with E-state index in [1.165, 1.54) is 6.07 Å². The summed E-state index contributed by atoms with van der Waals surface area (Å²) in [4.78, 5) is 17.9. The fourth-order valence-corrected chi connectivity index (χ4v) is 1.81. The highest BCUT2D eigenvalue weighted by molar-refractivity contribution is 6.35. The second kappa shape index (κ2) is 3.77.